The number of nitrogens with two attached hydrogens (primary N) is 1. The first kappa shape index (κ1) is 26.9. The second kappa shape index (κ2) is 11.2. The summed E-state index contributed by atoms with van der Waals surface area (Å²) in [6, 6.07) is 22.4. The van der Waals surface area contributed by atoms with Gasteiger partial charge in [-0.1, -0.05) is 23.8 Å². The molecule has 0 aromatic heterocycles. The van der Waals surface area contributed by atoms with Crippen LogP contribution in [0.5, 0.6) is 17.2 Å². The average Bonchev–Trinajstić information content (AvgIpc) is 2.93. The normalized spacial score (nSPS) is 11.9. The monoisotopic (exact) mass is 545 g/mol. The van der Waals surface area contributed by atoms with Gasteiger partial charge < -0.3 is 21.1 Å². The Balaban J connectivity index is 1.53. The molecule has 0 aliphatic carbocycles. The first-order chi connectivity index (χ1) is 19.7. The third-order valence-corrected chi connectivity index (χ3v) is 6.30. The number of aromatic hydroxyl groups is 3. The summed E-state index contributed by atoms with van der Waals surface area (Å²) >= 11 is 0. The lowest BCUT2D eigenvalue weighted by Crippen LogP contribution is -1.84. The molecule has 0 aliphatic rings. The van der Waals surface area contributed by atoms with E-state index in [2.05, 4.69) is 30.7 Å². The van der Waals surface area contributed by atoms with Gasteiger partial charge in [-0.25, -0.2) is 0 Å². The molecule has 0 bridgehead atoms. The number of anilines is 1. The quantitative estimate of drug-likeness (QED) is 0.123. The van der Waals surface area contributed by atoms with E-state index >= 15 is 0 Å². The molecule has 0 heterocycles. The highest BCUT2D eigenvalue weighted by atomic mass is 16.3. The smallest absolute Gasteiger partial charge is 0.153 e. The van der Waals surface area contributed by atoms with Gasteiger partial charge in [0.2, 0.25) is 0 Å². The van der Waals surface area contributed by atoms with Crippen LogP contribution in [0.4, 0.5) is 39.8 Å². The molecule has 0 atom stereocenters. The Labute approximate surface area is 235 Å². The zero-order chi connectivity index (χ0) is 29.1. The SMILES string of the molecule is Cc1ccc(N=Nc2cc(N=Nc3cc(C)cc4cc(C)c(N=Nc5ccc(N)cc5)c(O)c34)c(O)cc2O)cc1. The number of hydrogen-bond acceptors (Lipinski definition) is 10. The Bertz CT molecular complexity index is 1850. The standard InChI is InChI=1S/C31H27N7O3/c1-17-4-8-22(9-5-17)33-35-24-15-25(28(40)16-27(24)39)36-37-26-13-18(2)12-20-14-19(3)30(31(41)29(20)26)38-34-23-10-6-21(32)7-11-23/h4-16,39-41H,32H2,1-3H3. The zero-order valence-electron chi connectivity index (χ0n) is 22.6. The molecular weight excluding hydrogens is 518 g/mol. The van der Waals surface area contributed by atoms with E-state index in [1.54, 1.807) is 42.5 Å². The number of hydrogen-bond donors (Lipinski definition) is 4. The summed E-state index contributed by atoms with van der Waals surface area (Å²) in [5.74, 6) is -0.659. The van der Waals surface area contributed by atoms with Crippen LogP contribution < -0.4 is 5.73 Å². The lowest BCUT2D eigenvalue weighted by molar-refractivity contribution is 0.452. The largest absolute Gasteiger partial charge is 0.505 e. The number of azo groups is 3. The minimum atomic E-state index is -0.296. The first-order valence-corrected chi connectivity index (χ1v) is 12.7. The van der Waals surface area contributed by atoms with Crippen molar-refractivity contribution in [3.63, 3.8) is 0 Å². The van der Waals surface area contributed by atoms with Gasteiger partial charge in [-0.15, -0.1) is 20.5 Å². The van der Waals surface area contributed by atoms with Gasteiger partial charge in [0, 0.05) is 17.8 Å². The number of fused-ring (bicyclic) bond motifs is 1. The van der Waals surface area contributed by atoms with Gasteiger partial charge in [-0.3, -0.25) is 0 Å². The van der Waals surface area contributed by atoms with E-state index in [9.17, 15) is 15.3 Å². The number of rotatable bonds is 6. The predicted octanol–water partition coefficient (Wildman–Crippen LogP) is 9.71. The Hall–Kier alpha value is -5.64. The van der Waals surface area contributed by atoms with Crippen LogP contribution in [-0.4, -0.2) is 15.3 Å². The molecule has 5 rings (SSSR count). The zero-order valence-corrected chi connectivity index (χ0v) is 22.6. The van der Waals surface area contributed by atoms with E-state index in [4.69, 9.17) is 5.73 Å². The van der Waals surface area contributed by atoms with Crippen molar-refractivity contribution in [2.24, 2.45) is 30.7 Å². The Morgan fingerprint density at radius 3 is 1.76 bits per heavy atom. The molecule has 10 nitrogen and oxygen atoms in total. The summed E-state index contributed by atoms with van der Waals surface area (Å²) in [6.07, 6.45) is 0. The highest BCUT2D eigenvalue weighted by molar-refractivity contribution is 6.01. The fraction of sp³-hybridized carbons (Fsp3) is 0.0968. The molecule has 0 aliphatic heterocycles. The summed E-state index contributed by atoms with van der Waals surface area (Å²) in [7, 11) is 0. The summed E-state index contributed by atoms with van der Waals surface area (Å²) < 4.78 is 0. The van der Waals surface area contributed by atoms with Gasteiger partial charge in [0.25, 0.3) is 0 Å². The average molecular weight is 546 g/mol. The number of phenols is 3. The van der Waals surface area contributed by atoms with Crippen LogP contribution in [0, 0.1) is 20.8 Å². The van der Waals surface area contributed by atoms with Crippen LogP contribution in [0.25, 0.3) is 10.8 Å². The van der Waals surface area contributed by atoms with Crippen LogP contribution in [0.15, 0.2) is 110 Å². The molecule has 204 valence electrons. The van der Waals surface area contributed by atoms with Crippen molar-refractivity contribution >= 4 is 50.6 Å². The van der Waals surface area contributed by atoms with Gasteiger partial charge >= 0.3 is 0 Å². The van der Waals surface area contributed by atoms with E-state index in [0.717, 1.165) is 28.1 Å². The van der Waals surface area contributed by atoms with Crippen molar-refractivity contribution in [3.8, 4) is 17.2 Å². The molecule has 5 aromatic rings. The molecule has 5 N–H and O–H groups in total. The van der Waals surface area contributed by atoms with Crippen molar-refractivity contribution in [2.75, 3.05) is 5.73 Å². The number of benzene rings is 5. The fourth-order valence-corrected chi connectivity index (χ4v) is 4.17. The second-order valence-electron chi connectivity index (χ2n) is 9.63. The van der Waals surface area contributed by atoms with Crippen molar-refractivity contribution in [1.82, 2.24) is 0 Å². The maximum absolute atomic E-state index is 11.3. The lowest BCUT2D eigenvalue weighted by Gasteiger charge is -2.11. The summed E-state index contributed by atoms with van der Waals surface area (Å²) in [4.78, 5) is 0. The van der Waals surface area contributed by atoms with E-state index in [1.165, 1.54) is 6.07 Å². The topological polar surface area (TPSA) is 161 Å². The number of nitrogen functional groups attached to an aromatic ring is 1. The Morgan fingerprint density at radius 2 is 1.10 bits per heavy atom. The Morgan fingerprint density at radius 1 is 0.537 bits per heavy atom. The maximum atomic E-state index is 11.3. The van der Waals surface area contributed by atoms with Gasteiger partial charge in [0.1, 0.15) is 28.6 Å². The predicted molar refractivity (Wildman–Crippen MR) is 159 cm³/mol. The summed E-state index contributed by atoms with van der Waals surface area (Å²) in [5, 5.41) is 58.5. The van der Waals surface area contributed by atoms with Gasteiger partial charge in [-0.2, -0.15) is 10.2 Å². The molecule has 0 amide bonds. The van der Waals surface area contributed by atoms with E-state index in [1.807, 2.05) is 45.0 Å². The highest BCUT2D eigenvalue weighted by Gasteiger charge is 2.15. The molecule has 10 heteroatoms. The van der Waals surface area contributed by atoms with Crippen molar-refractivity contribution in [1.29, 1.82) is 0 Å². The van der Waals surface area contributed by atoms with Gasteiger partial charge in [0.15, 0.2) is 5.75 Å². The summed E-state index contributed by atoms with van der Waals surface area (Å²) in [6.45, 7) is 5.71. The molecule has 0 saturated heterocycles. The van der Waals surface area contributed by atoms with Crippen LogP contribution in [-0.2, 0) is 0 Å². The minimum Gasteiger partial charge on any atom is -0.505 e. The van der Waals surface area contributed by atoms with Crippen molar-refractivity contribution in [3.05, 3.63) is 95.6 Å². The molecular formula is C31H27N7O3. The van der Waals surface area contributed by atoms with Gasteiger partial charge in [0.05, 0.1) is 22.4 Å². The molecule has 5 aromatic carbocycles. The Kier molecular flexibility index (Phi) is 7.38. The second-order valence-corrected chi connectivity index (χ2v) is 9.63. The molecule has 0 radical (unpaired) electrons. The lowest BCUT2D eigenvalue weighted by atomic mass is 10.0. The van der Waals surface area contributed by atoms with E-state index < -0.39 is 0 Å². The minimum absolute atomic E-state index is 0.0603. The third-order valence-electron chi connectivity index (χ3n) is 6.30. The van der Waals surface area contributed by atoms with Crippen LogP contribution in [0.3, 0.4) is 0 Å². The summed E-state index contributed by atoms with van der Waals surface area (Å²) in [5.41, 5.74) is 11.1. The maximum Gasteiger partial charge on any atom is 0.153 e. The highest BCUT2D eigenvalue weighted by Crippen LogP contribution is 2.45. The number of nitrogens with zero attached hydrogens (tertiary/aromatic N) is 6. The van der Waals surface area contributed by atoms with E-state index in [0.29, 0.717) is 33.8 Å². The van der Waals surface area contributed by atoms with Crippen LogP contribution >= 0.6 is 0 Å². The van der Waals surface area contributed by atoms with Crippen molar-refractivity contribution < 1.29 is 15.3 Å². The van der Waals surface area contributed by atoms with Crippen molar-refractivity contribution in [2.45, 2.75) is 20.8 Å². The molecule has 0 saturated carbocycles. The molecule has 0 fully saturated rings. The number of phenolic OH excluding ortho intramolecular Hbond substituents is 3. The first-order valence-electron chi connectivity index (χ1n) is 12.7. The van der Waals surface area contributed by atoms with Gasteiger partial charge in [-0.05, 0) is 85.8 Å². The van der Waals surface area contributed by atoms with E-state index in [-0.39, 0.29) is 28.6 Å². The third kappa shape index (κ3) is 6.01. The van der Waals surface area contributed by atoms with Crippen LogP contribution in [0.2, 0.25) is 0 Å². The number of aryl methyl sites for hydroxylation is 3. The fourth-order valence-electron chi connectivity index (χ4n) is 4.17. The molecule has 0 spiro atoms. The molecule has 41 heavy (non-hydrogen) atoms. The molecule has 0 unspecified atom stereocenters. The van der Waals surface area contributed by atoms with Crippen LogP contribution in [0.1, 0.15) is 16.7 Å².